The number of rotatable bonds is 7. The molecule has 1 heterocycles. The number of benzene rings is 1. The van der Waals surface area contributed by atoms with E-state index in [9.17, 15) is 4.79 Å². The Balaban J connectivity index is 0.00000288. The summed E-state index contributed by atoms with van der Waals surface area (Å²) < 4.78 is 15.9. The number of carbonyl (C=O) groups is 1. The molecule has 0 aliphatic carbocycles. The van der Waals surface area contributed by atoms with E-state index in [-0.39, 0.29) is 24.7 Å². The molecule has 134 valence electrons. The average Bonchev–Trinajstić information content (AvgIpc) is 2.59. The van der Waals surface area contributed by atoms with Gasteiger partial charge in [0.25, 0.3) is 0 Å². The maximum atomic E-state index is 12.1. The third kappa shape index (κ3) is 5.32. The summed E-state index contributed by atoms with van der Waals surface area (Å²) in [6.45, 7) is 2.44. The Labute approximate surface area is 149 Å². The van der Waals surface area contributed by atoms with Crippen molar-refractivity contribution in [2.75, 3.05) is 41.0 Å². The van der Waals surface area contributed by atoms with Gasteiger partial charge in [0.2, 0.25) is 11.7 Å². The summed E-state index contributed by atoms with van der Waals surface area (Å²) in [6, 6.07) is 3.59. The summed E-state index contributed by atoms with van der Waals surface area (Å²) in [6.07, 6.45) is 3.37. The van der Waals surface area contributed by atoms with Gasteiger partial charge in [0.15, 0.2) is 11.5 Å². The fourth-order valence-corrected chi connectivity index (χ4v) is 2.53. The highest BCUT2D eigenvalue weighted by atomic mass is 35.5. The van der Waals surface area contributed by atoms with E-state index in [1.165, 1.54) is 5.57 Å². The Morgan fingerprint density at radius 2 is 1.83 bits per heavy atom. The lowest BCUT2D eigenvalue weighted by molar-refractivity contribution is -0.120. The Hall–Kier alpha value is -1.92. The number of hydrogen-bond acceptors (Lipinski definition) is 5. The number of amides is 1. The van der Waals surface area contributed by atoms with Crippen LogP contribution in [0.3, 0.4) is 0 Å². The molecule has 0 unspecified atom stereocenters. The van der Waals surface area contributed by atoms with Crippen molar-refractivity contribution in [2.45, 2.75) is 12.8 Å². The Kier molecular flexibility index (Phi) is 8.43. The van der Waals surface area contributed by atoms with Gasteiger partial charge in [0, 0.05) is 13.1 Å². The van der Waals surface area contributed by atoms with Gasteiger partial charge in [-0.1, -0.05) is 11.6 Å². The zero-order valence-electron chi connectivity index (χ0n) is 14.3. The highest BCUT2D eigenvalue weighted by Crippen LogP contribution is 2.38. The second-order valence-electron chi connectivity index (χ2n) is 5.30. The monoisotopic (exact) mass is 356 g/mol. The number of carbonyl (C=O) groups excluding carboxylic acids is 1. The summed E-state index contributed by atoms with van der Waals surface area (Å²) in [7, 11) is 4.68. The lowest BCUT2D eigenvalue weighted by Gasteiger charge is -2.16. The molecular weight excluding hydrogens is 332 g/mol. The van der Waals surface area contributed by atoms with E-state index in [2.05, 4.69) is 16.7 Å². The van der Waals surface area contributed by atoms with E-state index in [4.69, 9.17) is 14.2 Å². The van der Waals surface area contributed by atoms with Gasteiger partial charge in [0.1, 0.15) is 0 Å². The van der Waals surface area contributed by atoms with Crippen LogP contribution < -0.4 is 24.8 Å². The zero-order valence-corrected chi connectivity index (χ0v) is 15.1. The van der Waals surface area contributed by atoms with Gasteiger partial charge in [-0.05, 0) is 30.7 Å². The number of halogens is 1. The van der Waals surface area contributed by atoms with Gasteiger partial charge in [0.05, 0.1) is 27.8 Å². The average molecular weight is 357 g/mol. The molecule has 0 saturated carbocycles. The summed E-state index contributed by atoms with van der Waals surface area (Å²) in [5, 5.41) is 6.21. The minimum Gasteiger partial charge on any atom is -0.493 e. The zero-order chi connectivity index (χ0) is 16.7. The summed E-state index contributed by atoms with van der Waals surface area (Å²) in [5.74, 6) is 1.60. The third-order valence-corrected chi connectivity index (χ3v) is 3.76. The Bertz CT molecular complexity index is 565. The van der Waals surface area contributed by atoms with Crippen LogP contribution in [0.25, 0.3) is 0 Å². The molecule has 1 aromatic carbocycles. The fraction of sp³-hybridized carbons (Fsp3) is 0.471. The molecule has 6 nitrogen and oxygen atoms in total. The molecule has 0 aromatic heterocycles. The van der Waals surface area contributed by atoms with Crippen molar-refractivity contribution in [1.29, 1.82) is 0 Å². The van der Waals surface area contributed by atoms with Crippen molar-refractivity contribution in [3.63, 3.8) is 0 Å². The van der Waals surface area contributed by atoms with Crippen LogP contribution >= 0.6 is 12.4 Å². The molecule has 2 N–H and O–H groups in total. The molecule has 1 aromatic rings. The molecule has 0 radical (unpaired) electrons. The SMILES string of the molecule is COc1cc(CC(=O)NCC2=CCNCC2)cc(OC)c1OC.Cl. The van der Waals surface area contributed by atoms with Gasteiger partial charge < -0.3 is 24.8 Å². The van der Waals surface area contributed by atoms with Crippen molar-refractivity contribution in [1.82, 2.24) is 10.6 Å². The predicted octanol–water partition coefficient (Wildman–Crippen LogP) is 1.71. The molecule has 0 bridgehead atoms. The van der Waals surface area contributed by atoms with Crippen LogP contribution in [-0.2, 0) is 11.2 Å². The lowest BCUT2D eigenvalue weighted by atomic mass is 10.1. The van der Waals surface area contributed by atoms with Crippen LogP contribution in [-0.4, -0.2) is 46.9 Å². The minimum atomic E-state index is -0.0290. The number of nitrogens with one attached hydrogen (secondary N) is 2. The van der Waals surface area contributed by atoms with Crippen molar-refractivity contribution < 1.29 is 19.0 Å². The maximum absolute atomic E-state index is 12.1. The second kappa shape index (κ2) is 10.1. The topological polar surface area (TPSA) is 68.8 Å². The minimum absolute atomic E-state index is 0. The number of ether oxygens (including phenoxy) is 3. The Morgan fingerprint density at radius 1 is 1.17 bits per heavy atom. The van der Waals surface area contributed by atoms with Gasteiger partial charge in [-0.15, -0.1) is 12.4 Å². The largest absolute Gasteiger partial charge is 0.493 e. The number of hydrogen-bond donors (Lipinski definition) is 2. The quantitative estimate of drug-likeness (QED) is 0.728. The molecule has 0 saturated heterocycles. The van der Waals surface area contributed by atoms with E-state index >= 15 is 0 Å². The highest BCUT2D eigenvalue weighted by molar-refractivity contribution is 5.85. The molecule has 0 fully saturated rings. The van der Waals surface area contributed by atoms with Gasteiger partial charge in [-0.25, -0.2) is 0 Å². The first-order valence-corrected chi connectivity index (χ1v) is 7.62. The lowest BCUT2D eigenvalue weighted by Crippen LogP contribution is -2.30. The third-order valence-electron chi connectivity index (χ3n) is 3.76. The normalized spacial score (nSPS) is 13.4. The molecule has 0 atom stereocenters. The van der Waals surface area contributed by atoms with E-state index in [0.717, 1.165) is 25.1 Å². The first-order valence-electron chi connectivity index (χ1n) is 7.62. The fourth-order valence-electron chi connectivity index (χ4n) is 2.53. The van der Waals surface area contributed by atoms with Crippen LogP contribution in [0.15, 0.2) is 23.8 Å². The standard InChI is InChI=1S/C17H24N2O4.ClH/c1-21-14-8-13(9-15(22-2)17(14)23-3)10-16(20)19-11-12-4-6-18-7-5-12;/h4,8-9,18H,5-7,10-11H2,1-3H3,(H,19,20);1H. The van der Waals surface area contributed by atoms with Crippen molar-refractivity contribution >= 4 is 18.3 Å². The molecule has 2 rings (SSSR count). The van der Waals surface area contributed by atoms with E-state index in [0.29, 0.717) is 23.8 Å². The van der Waals surface area contributed by atoms with Crippen molar-refractivity contribution in [3.05, 3.63) is 29.3 Å². The van der Waals surface area contributed by atoms with Crippen molar-refractivity contribution in [2.24, 2.45) is 0 Å². The van der Waals surface area contributed by atoms with Crippen molar-refractivity contribution in [3.8, 4) is 17.2 Å². The first-order chi connectivity index (χ1) is 11.2. The molecule has 0 spiro atoms. The van der Waals surface area contributed by atoms with Crippen LogP contribution in [0, 0.1) is 0 Å². The van der Waals surface area contributed by atoms with Crippen LogP contribution in [0.1, 0.15) is 12.0 Å². The van der Waals surface area contributed by atoms with Crippen LogP contribution in [0.4, 0.5) is 0 Å². The molecule has 7 heteroatoms. The summed E-state index contributed by atoms with van der Waals surface area (Å²) in [4.78, 5) is 12.1. The van der Waals surface area contributed by atoms with E-state index < -0.39 is 0 Å². The summed E-state index contributed by atoms with van der Waals surface area (Å²) >= 11 is 0. The molecule has 24 heavy (non-hydrogen) atoms. The maximum Gasteiger partial charge on any atom is 0.224 e. The van der Waals surface area contributed by atoms with Gasteiger partial charge in [-0.3, -0.25) is 4.79 Å². The molecule has 1 amide bonds. The Morgan fingerprint density at radius 3 is 2.33 bits per heavy atom. The smallest absolute Gasteiger partial charge is 0.224 e. The number of methoxy groups -OCH3 is 3. The van der Waals surface area contributed by atoms with E-state index in [1.54, 1.807) is 33.5 Å². The van der Waals surface area contributed by atoms with E-state index in [1.807, 2.05) is 0 Å². The predicted molar refractivity (Wildman–Crippen MR) is 95.6 cm³/mol. The van der Waals surface area contributed by atoms with Crippen LogP contribution in [0.5, 0.6) is 17.2 Å². The summed E-state index contributed by atoms with van der Waals surface area (Å²) in [5.41, 5.74) is 2.08. The first kappa shape index (κ1) is 20.1. The molecule has 1 aliphatic rings. The molecular formula is C17H25ClN2O4. The van der Waals surface area contributed by atoms with Gasteiger partial charge in [-0.2, -0.15) is 0 Å². The van der Waals surface area contributed by atoms with Gasteiger partial charge >= 0.3 is 0 Å². The highest BCUT2D eigenvalue weighted by Gasteiger charge is 2.15. The van der Waals surface area contributed by atoms with Crippen LogP contribution in [0.2, 0.25) is 0 Å². The second-order valence-corrected chi connectivity index (χ2v) is 5.30. The molecule has 1 aliphatic heterocycles.